The molecule has 0 bridgehead atoms. The Labute approximate surface area is 201 Å². The van der Waals surface area contributed by atoms with Gasteiger partial charge in [-0.15, -0.1) is 0 Å². The summed E-state index contributed by atoms with van der Waals surface area (Å²) >= 11 is 1.50. The molecule has 1 aliphatic heterocycles. The minimum absolute atomic E-state index is 0.0632. The van der Waals surface area contributed by atoms with Crippen molar-refractivity contribution < 1.29 is 19.0 Å². The monoisotopic (exact) mass is 478 g/mol. The summed E-state index contributed by atoms with van der Waals surface area (Å²) in [6.45, 7) is 4.64. The van der Waals surface area contributed by atoms with Gasteiger partial charge >= 0.3 is 0 Å². The Bertz CT molecular complexity index is 1380. The zero-order valence-electron chi connectivity index (χ0n) is 19.5. The topological polar surface area (TPSA) is 87.5 Å². The van der Waals surface area contributed by atoms with Crippen molar-refractivity contribution >= 4 is 33.3 Å². The molecule has 0 saturated heterocycles. The van der Waals surface area contributed by atoms with Crippen molar-refractivity contribution in [3.63, 3.8) is 0 Å². The molecule has 5 rings (SSSR count). The lowest BCUT2D eigenvalue weighted by Crippen LogP contribution is -2.25. The lowest BCUT2D eigenvalue weighted by atomic mass is 9.85. The maximum atomic E-state index is 12.8. The lowest BCUT2D eigenvalue weighted by Gasteiger charge is -2.24. The smallest absolute Gasteiger partial charge is 0.226 e. The molecule has 1 atom stereocenters. The number of carbonyl (C=O) groups excluding carboxylic acids is 1. The molecule has 8 nitrogen and oxygen atoms in total. The van der Waals surface area contributed by atoms with Crippen LogP contribution in [0.2, 0.25) is 0 Å². The number of carbonyl (C=O) groups is 1. The number of amides is 1. The predicted molar refractivity (Wildman–Crippen MR) is 132 cm³/mol. The van der Waals surface area contributed by atoms with Gasteiger partial charge in [-0.25, -0.2) is 4.98 Å². The van der Waals surface area contributed by atoms with Crippen LogP contribution < -0.4 is 19.5 Å². The van der Waals surface area contributed by atoms with Gasteiger partial charge in [-0.05, 0) is 49.2 Å². The number of benzene rings is 2. The fourth-order valence-corrected chi connectivity index (χ4v) is 5.27. The summed E-state index contributed by atoms with van der Waals surface area (Å²) in [6, 6.07) is 11.6. The summed E-state index contributed by atoms with van der Waals surface area (Å²) in [5.74, 6) is 2.58. The number of hydrogen-bond acceptors (Lipinski definition) is 7. The van der Waals surface area contributed by atoms with Crippen molar-refractivity contribution in [2.75, 3.05) is 26.1 Å². The summed E-state index contributed by atoms with van der Waals surface area (Å²) in [7, 11) is 3.27. The van der Waals surface area contributed by atoms with Crippen LogP contribution in [-0.4, -0.2) is 41.5 Å². The molecule has 34 heavy (non-hydrogen) atoms. The molecule has 0 saturated carbocycles. The highest BCUT2D eigenvalue weighted by Crippen LogP contribution is 2.43. The molecule has 0 spiro atoms. The van der Waals surface area contributed by atoms with Crippen molar-refractivity contribution in [2.45, 2.75) is 32.6 Å². The fraction of sp³-hybridized carbons (Fsp3) is 0.320. The van der Waals surface area contributed by atoms with E-state index in [0.29, 0.717) is 35.5 Å². The first kappa shape index (κ1) is 22.2. The van der Waals surface area contributed by atoms with E-state index < -0.39 is 0 Å². The first-order chi connectivity index (χ1) is 16.5. The van der Waals surface area contributed by atoms with Crippen LogP contribution in [0.15, 0.2) is 36.4 Å². The number of nitrogens with zero attached hydrogens (tertiary/aromatic N) is 3. The predicted octanol–water partition coefficient (Wildman–Crippen LogP) is 5.07. The van der Waals surface area contributed by atoms with E-state index in [-0.39, 0.29) is 11.8 Å². The molecule has 1 amide bonds. The third-order valence-corrected chi connectivity index (χ3v) is 6.91. The number of anilines is 1. The van der Waals surface area contributed by atoms with Gasteiger partial charge in [0.15, 0.2) is 11.5 Å². The van der Waals surface area contributed by atoms with Gasteiger partial charge < -0.3 is 19.5 Å². The zero-order valence-corrected chi connectivity index (χ0v) is 20.4. The van der Waals surface area contributed by atoms with Gasteiger partial charge in [-0.3, -0.25) is 4.79 Å². The van der Waals surface area contributed by atoms with Crippen LogP contribution in [0.5, 0.6) is 17.2 Å². The average molecular weight is 479 g/mol. The number of ether oxygens (including phenoxy) is 3. The van der Waals surface area contributed by atoms with Gasteiger partial charge in [-0.1, -0.05) is 24.3 Å². The molecule has 0 aliphatic carbocycles. The van der Waals surface area contributed by atoms with E-state index in [1.54, 1.807) is 18.9 Å². The highest BCUT2D eigenvalue weighted by molar-refractivity contribution is 7.20. The van der Waals surface area contributed by atoms with E-state index in [9.17, 15) is 4.79 Å². The quantitative estimate of drug-likeness (QED) is 0.399. The van der Waals surface area contributed by atoms with E-state index in [1.807, 2.05) is 43.3 Å². The Morgan fingerprint density at radius 2 is 2.00 bits per heavy atom. The van der Waals surface area contributed by atoms with E-state index >= 15 is 0 Å². The Hall–Kier alpha value is -3.59. The number of nitrogens with one attached hydrogen (secondary N) is 1. The zero-order chi connectivity index (χ0) is 23.8. The number of aromatic nitrogens is 3. The minimum atomic E-state index is -0.152. The number of methoxy groups -OCH3 is 2. The molecule has 2 aromatic carbocycles. The Balaban J connectivity index is 1.58. The number of thiazole rings is 1. The molecule has 3 heterocycles. The van der Waals surface area contributed by atoms with E-state index in [2.05, 4.69) is 12.2 Å². The third kappa shape index (κ3) is 3.86. The van der Waals surface area contributed by atoms with Gasteiger partial charge in [0, 0.05) is 17.9 Å². The van der Waals surface area contributed by atoms with E-state index in [1.165, 1.54) is 11.3 Å². The van der Waals surface area contributed by atoms with Crippen molar-refractivity contribution in [3.8, 4) is 22.4 Å². The first-order valence-electron chi connectivity index (χ1n) is 11.2. The van der Waals surface area contributed by atoms with E-state index in [0.717, 1.165) is 39.2 Å². The maximum absolute atomic E-state index is 12.8. The molecular formula is C25H26N4O4S. The van der Waals surface area contributed by atoms with Crippen molar-refractivity contribution in [1.82, 2.24) is 14.8 Å². The normalized spacial score (nSPS) is 15.2. The summed E-state index contributed by atoms with van der Waals surface area (Å²) in [6.07, 6.45) is 1.24. The van der Waals surface area contributed by atoms with Gasteiger partial charge in [0.05, 0.1) is 36.7 Å². The molecule has 0 radical (unpaired) electrons. The lowest BCUT2D eigenvalue weighted by molar-refractivity contribution is -0.116. The van der Waals surface area contributed by atoms with Crippen LogP contribution in [0.1, 0.15) is 42.5 Å². The summed E-state index contributed by atoms with van der Waals surface area (Å²) < 4.78 is 19.4. The van der Waals surface area contributed by atoms with Crippen LogP contribution in [0, 0.1) is 6.92 Å². The SMILES string of the molecule is CCCOc1ccc([C@@H]2CC(=O)Nc3c2c(C)nn3-c2nc3ccc(OC)cc3s2)cc1OC. The second kappa shape index (κ2) is 8.98. The molecule has 0 unspecified atom stereocenters. The molecule has 4 aromatic rings. The van der Waals surface area contributed by atoms with Gasteiger partial charge in [0.2, 0.25) is 11.0 Å². The van der Waals surface area contributed by atoms with Crippen LogP contribution in [0.4, 0.5) is 5.82 Å². The number of aryl methyl sites for hydroxylation is 1. The van der Waals surface area contributed by atoms with Gasteiger partial charge in [-0.2, -0.15) is 9.78 Å². The molecule has 0 fully saturated rings. The van der Waals surface area contributed by atoms with Gasteiger partial charge in [0.25, 0.3) is 0 Å². The third-order valence-electron chi connectivity index (χ3n) is 5.92. The van der Waals surface area contributed by atoms with Crippen LogP contribution in [0.3, 0.4) is 0 Å². The largest absolute Gasteiger partial charge is 0.497 e. The van der Waals surface area contributed by atoms with Crippen LogP contribution >= 0.6 is 11.3 Å². The molecule has 2 aromatic heterocycles. The Morgan fingerprint density at radius 1 is 1.15 bits per heavy atom. The molecule has 1 N–H and O–H groups in total. The summed E-state index contributed by atoms with van der Waals surface area (Å²) in [5.41, 5.74) is 3.67. The van der Waals surface area contributed by atoms with Gasteiger partial charge in [0.1, 0.15) is 11.6 Å². The van der Waals surface area contributed by atoms with Crippen molar-refractivity contribution in [1.29, 1.82) is 0 Å². The number of fused-ring (bicyclic) bond motifs is 2. The summed E-state index contributed by atoms with van der Waals surface area (Å²) in [4.78, 5) is 17.5. The molecule has 1 aliphatic rings. The van der Waals surface area contributed by atoms with E-state index in [4.69, 9.17) is 24.3 Å². The van der Waals surface area contributed by atoms with Crippen LogP contribution in [-0.2, 0) is 4.79 Å². The first-order valence-corrected chi connectivity index (χ1v) is 12.0. The summed E-state index contributed by atoms with van der Waals surface area (Å²) in [5, 5.41) is 8.49. The second-order valence-corrected chi connectivity index (χ2v) is 9.16. The Morgan fingerprint density at radius 3 is 2.76 bits per heavy atom. The number of rotatable bonds is 7. The molecule has 176 valence electrons. The highest BCUT2D eigenvalue weighted by atomic mass is 32.1. The molecular weight excluding hydrogens is 452 g/mol. The van der Waals surface area contributed by atoms with Crippen molar-refractivity contribution in [3.05, 3.63) is 53.2 Å². The average Bonchev–Trinajstić information content (AvgIpc) is 3.42. The van der Waals surface area contributed by atoms with Crippen LogP contribution in [0.25, 0.3) is 15.3 Å². The fourth-order valence-electron chi connectivity index (χ4n) is 4.31. The Kier molecular flexibility index (Phi) is 5.87. The van der Waals surface area contributed by atoms with Crippen molar-refractivity contribution in [2.24, 2.45) is 0 Å². The standard InChI is InChI=1S/C25H26N4O4S/c1-5-10-33-19-9-6-15(11-20(19)32-4)17-13-22(30)27-24-23(17)14(2)28-29(24)25-26-18-8-7-16(31-3)12-21(18)34-25/h6-9,11-12,17H,5,10,13H2,1-4H3,(H,27,30)/t17-/m0/s1. The minimum Gasteiger partial charge on any atom is -0.497 e. The number of hydrogen-bond donors (Lipinski definition) is 1. The second-order valence-electron chi connectivity index (χ2n) is 8.15. The maximum Gasteiger partial charge on any atom is 0.226 e. The highest BCUT2D eigenvalue weighted by Gasteiger charge is 2.33. The molecule has 9 heteroatoms.